The Labute approximate surface area is 112 Å². The molecule has 0 saturated carbocycles. The van der Waals surface area contributed by atoms with Gasteiger partial charge in [0.2, 0.25) is 0 Å². The Bertz CT molecular complexity index is 266. The molecule has 0 fully saturated rings. The molecule has 0 aliphatic carbocycles. The van der Waals surface area contributed by atoms with Gasteiger partial charge >= 0.3 is 5.97 Å². The van der Waals surface area contributed by atoms with E-state index in [2.05, 4.69) is 41.5 Å². The van der Waals surface area contributed by atoms with Crippen molar-refractivity contribution in [3.05, 3.63) is 0 Å². The molecule has 0 atom stereocenters. The van der Waals surface area contributed by atoms with Crippen LogP contribution in [0.1, 0.15) is 74.7 Å². The lowest BCUT2D eigenvalue weighted by atomic mass is 9.84. The van der Waals surface area contributed by atoms with Crippen molar-refractivity contribution in [1.29, 1.82) is 0 Å². The summed E-state index contributed by atoms with van der Waals surface area (Å²) in [6.45, 7) is 16.6. The summed E-state index contributed by atoms with van der Waals surface area (Å²) in [5, 5.41) is 0. The molecule has 18 heavy (non-hydrogen) atoms. The molecule has 0 radical (unpaired) electrons. The lowest BCUT2D eigenvalue weighted by molar-refractivity contribution is -0.330. The van der Waals surface area contributed by atoms with E-state index in [0.717, 1.165) is 12.8 Å². The van der Waals surface area contributed by atoms with Crippen molar-refractivity contribution in [2.45, 2.75) is 80.3 Å². The molecule has 0 heterocycles. The number of carbonyl (C=O) groups excluding carboxylic acids is 1. The van der Waals surface area contributed by atoms with Crippen LogP contribution in [0.5, 0.6) is 0 Å². The van der Waals surface area contributed by atoms with Crippen molar-refractivity contribution >= 4 is 5.97 Å². The van der Waals surface area contributed by atoms with Gasteiger partial charge in [-0.15, -0.1) is 0 Å². The van der Waals surface area contributed by atoms with Gasteiger partial charge in [-0.05, 0) is 37.5 Å². The molecule has 0 aromatic carbocycles. The van der Waals surface area contributed by atoms with Gasteiger partial charge in [0.15, 0.2) is 0 Å². The van der Waals surface area contributed by atoms with E-state index in [-0.39, 0.29) is 16.8 Å². The summed E-state index contributed by atoms with van der Waals surface area (Å²) in [6.07, 6.45) is 2.02. The Morgan fingerprint density at radius 1 is 0.889 bits per heavy atom. The van der Waals surface area contributed by atoms with Crippen molar-refractivity contribution in [2.75, 3.05) is 0 Å². The zero-order chi connectivity index (χ0) is 14.6. The fraction of sp³-hybridized carbons (Fsp3) is 0.933. The monoisotopic (exact) mass is 258 g/mol. The second-order valence-corrected chi connectivity index (χ2v) is 8.10. The number of rotatable bonds is 5. The van der Waals surface area contributed by atoms with Gasteiger partial charge in [0.25, 0.3) is 0 Å². The van der Waals surface area contributed by atoms with Crippen molar-refractivity contribution in [2.24, 2.45) is 10.8 Å². The second-order valence-electron chi connectivity index (χ2n) is 8.10. The summed E-state index contributed by atoms with van der Waals surface area (Å²) in [5.41, 5.74) is -0.170. The van der Waals surface area contributed by atoms with E-state index < -0.39 is 5.60 Å². The van der Waals surface area contributed by atoms with Crippen molar-refractivity contribution in [3.63, 3.8) is 0 Å². The van der Waals surface area contributed by atoms with Gasteiger partial charge < -0.3 is 0 Å². The lowest BCUT2D eigenvalue weighted by Crippen LogP contribution is -2.31. The maximum atomic E-state index is 11.6. The molecule has 0 rings (SSSR count). The molecule has 0 N–H and O–H groups in total. The topological polar surface area (TPSA) is 35.5 Å². The SMILES string of the molecule is CC(C)(C)CCC(=O)OOC(C)(C)CC(C)(C)C. The highest BCUT2D eigenvalue weighted by Gasteiger charge is 2.29. The molecule has 0 aliphatic heterocycles. The van der Waals surface area contributed by atoms with E-state index in [1.165, 1.54) is 0 Å². The predicted molar refractivity (Wildman–Crippen MR) is 74.0 cm³/mol. The number of hydrogen-bond donors (Lipinski definition) is 0. The minimum absolute atomic E-state index is 0.139. The molecule has 0 unspecified atom stereocenters. The molecule has 3 heteroatoms. The third-order valence-corrected chi connectivity index (χ3v) is 2.40. The van der Waals surface area contributed by atoms with Gasteiger partial charge in [0, 0.05) is 6.42 Å². The zero-order valence-electron chi connectivity index (χ0n) is 13.3. The molecular formula is C15H30O3. The molecule has 0 aromatic rings. The van der Waals surface area contributed by atoms with Crippen LogP contribution >= 0.6 is 0 Å². The molecule has 108 valence electrons. The highest BCUT2D eigenvalue weighted by Crippen LogP contribution is 2.29. The van der Waals surface area contributed by atoms with Crippen LogP contribution in [0.4, 0.5) is 0 Å². The lowest BCUT2D eigenvalue weighted by Gasteiger charge is -2.30. The largest absolute Gasteiger partial charge is 0.342 e. The summed E-state index contributed by atoms with van der Waals surface area (Å²) in [5.74, 6) is -0.285. The fourth-order valence-corrected chi connectivity index (χ4v) is 1.98. The molecule has 0 aromatic heterocycles. The summed E-state index contributed by atoms with van der Waals surface area (Å²) < 4.78 is 0. The van der Waals surface area contributed by atoms with Crippen LogP contribution in [0, 0.1) is 10.8 Å². The van der Waals surface area contributed by atoms with Crippen LogP contribution in [0.25, 0.3) is 0 Å². The van der Waals surface area contributed by atoms with E-state index in [0.29, 0.717) is 6.42 Å². The highest BCUT2D eigenvalue weighted by molar-refractivity contribution is 5.68. The van der Waals surface area contributed by atoms with Crippen LogP contribution in [-0.2, 0) is 14.6 Å². The van der Waals surface area contributed by atoms with E-state index in [1.807, 2.05) is 13.8 Å². The van der Waals surface area contributed by atoms with Crippen LogP contribution in [0.3, 0.4) is 0 Å². The zero-order valence-corrected chi connectivity index (χ0v) is 13.3. The Hall–Kier alpha value is -0.570. The summed E-state index contributed by atoms with van der Waals surface area (Å²) in [7, 11) is 0. The maximum Gasteiger partial charge on any atom is 0.342 e. The Kier molecular flexibility index (Phi) is 5.86. The van der Waals surface area contributed by atoms with Gasteiger partial charge in [-0.2, -0.15) is 4.89 Å². The van der Waals surface area contributed by atoms with Crippen molar-refractivity contribution in [1.82, 2.24) is 0 Å². The smallest absolute Gasteiger partial charge is 0.298 e. The average molecular weight is 258 g/mol. The van der Waals surface area contributed by atoms with Crippen molar-refractivity contribution < 1.29 is 14.6 Å². The third-order valence-electron chi connectivity index (χ3n) is 2.40. The highest BCUT2D eigenvalue weighted by atomic mass is 17.2. The number of hydrogen-bond acceptors (Lipinski definition) is 3. The average Bonchev–Trinajstić information content (AvgIpc) is 2.06. The Morgan fingerprint density at radius 2 is 1.39 bits per heavy atom. The van der Waals surface area contributed by atoms with Gasteiger partial charge in [-0.25, -0.2) is 4.79 Å². The minimum Gasteiger partial charge on any atom is -0.298 e. The molecular weight excluding hydrogens is 228 g/mol. The summed E-state index contributed by atoms with van der Waals surface area (Å²) in [4.78, 5) is 21.7. The molecule has 0 bridgehead atoms. The normalized spacial score (nSPS) is 13.6. The first-order valence-electron chi connectivity index (χ1n) is 6.69. The first kappa shape index (κ1) is 17.4. The Morgan fingerprint density at radius 3 is 1.78 bits per heavy atom. The minimum atomic E-state index is -0.449. The first-order valence-corrected chi connectivity index (χ1v) is 6.69. The fourth-order valence-electron chi connectivity index (χ4n) is 1.98. The first-order chi connectivity index (χ1) is 7.81. The summed E-state index contributed by atoms with van der Waals surface area (Å²) in [6, 6.07) is 0. The quantitative estimate of drug-likeness (QED) is 0.538. The maximum absolute atomic E-state index is 11.6. The molecule has 3 nitrogen and oxygen atoms in total. The third kappa shape index (κ3) is 10.6. The molecule has 0 aliphatic rings. The molecule has 0 amide bonds. The van der Waals surface area contributed by atoms with Crippen LogP contribution < -0.4 is 0 Å². The number of carbonyl (C=O) groups is 1. The van der Waals surface area contributed by atoms with Crippen LogP contribution in [0.15, 0.2) is 0 Å². The van der Waals surface area contributed by atoms with E-state index in [9.17, 15) is 4.79 Å². The standard InChI is InChI=1S/C15H30O3/c1-13(2,3)10-9-12(16)17-18-15(7,8)11-14(4,5)6/h9-11H2,1-8H3. The van der Waals surface area contributed by atoms with Gasteiger partial charge in [-0.1, -0.05) is 41.5 Å². The summed E-state index contributed by atoms with van der Waals surface area (Å²) >= 11 is 0. The molecule has 0 saturated heterocycles. The van der Waals surface area contributed by atoms with E-state index in [1.54, 1.807) is 0 Å². The molecule has 0 spiro atoms. The predicted octanol–water partition coefficient (Wildman–Crippen LogP) is 4.50. The second kappa shape index (κ2) is 6.05. The van der Waals surface area contributed by atoms with Crippen molar-refractivity contribution in [3.8, 4) is 0 Å². The Balaban J connectivity index is 4.05. The van der Waals surface area contributed by atoms with Crippen LogP contribution in [-0.4, -0.2) is 11.6 Å². The van der Waals surface area contributed by atoms with Gasteiger partial charge in [0.05, 0.1) is 0 Å². The van der Waals surface area contributed by atoms with Gasteiger partial charge in [0.1, 0.15) is 5.60 Å². The van der Waals surface area contributed by atoms with Crippen LogP contribution in [0.2, 0.25) is 0 Å². The van der Waals surface area contributed by atoms with E-state index >= 15 is 0 Å². The van der Waals surface area contributed by atoms with E-state index in [4.69, 9.17) is 9.78 Å². The van der Waals surface area contributed by atoms with Gasteiger partial charge in [-0.3, -0.25) is 4.89 Å².